The monoisotopic (exact) mass is 300 g/mol. The van der Waals surface area contributed by atoms with Crippen molar-refractivity contribution in [2.24, 2.45) is 0 Å². The largest absolute Gasteiger partial charge is 0.126 e. The summed E-state index contributed by atoms with van der Waals surface area (Å²) < 4.78 is 1.55. The smallest absolute Gasteiger partial charge is 0.117 e. The molecule has 0 bridgehead atoms. The quantitative estimate of drug-likeness (QED) is 0.426. The van der Waals surface area contributed by atoms with Crippen LogP contribution in [-0.4, -0.2) is 11.5 Å². The van der Waals surface area contributed by atoms with Crippen molar-refractivity contribution < 1.29 is 0 Å². The fraction of sp³-hybridized carbons (Fsp3) is 0.833. The van der Waals surface area contributed by atoms with Crippen LogP contribution in [0.5, 0.6) is 0 Å². The molecule has 0 aliphatic rings. The van der Waals surface area contributed by atoms with Crippen LogP contribution in [0.1, 0.15) is 52.4 Å². The van der Waals surface area contributed by atoms with Crippen LogP contribution >= 0.6 is 46.7 Å². The molecular weight excluding hydrogens is 279 g/mol. The summed E-state index contributed by atoms with van der Waals surface area (Å²) in [6.07, 6.45) is 7.61. The fourth-order valence-electron chi connectivity index (χ4n) is 1.18. The van der Waals surface area contributed by atoms with Crippen LogP contribution < -0.4 is 0 Å². The predicted molar refractivity (Wildman–Crippen MR) is 82.7 cm³/mol. The second kappa shape index (κ2) is 12.5. The minimum Gasteiger partial charge on any atom is -0.117 e. The zero-order valence-electron chi connectivity index (χ0n) is 10.2. The molecule has 0 aromatic carbocycles. The van der Waals surface area contributed by atoms with E-state index in [4.69, 9.17) is 23.2 Å². The molecule has 0 amide bonds. The third-order valence-electron chi connectivity index (χ3n) is 2.12. The van der Waals surface area contributed by atoms with Crippen molar-refractivity contribution in [2.75, 3.05) is 11.5 Å². The zero-order valence-corrected chi connectivity index (χ0v) is 13.4. The average Bonchev–Trinajstić information content (AvgIpc) is 2.26. The van der Waals surface area contributed by atoms with Crippen LogP contribution in [-0.2, 0) is 0 Å². The van der Waals surface area contributed by atoms with E-state index in [0.717, 1.165) is 15.7 Å². The van der Waals surface area contributed by atoms with E-state index in [2.05, 4.69) is 13.8 Å². The van der Waals surface area contributed by atoms with Crippen LogP contribution in [0.3, 0.4) is 0 Å². The van der Waals surface area contributed by atoms with Gasteiger partial charge in [-0.1, -0.05) is 62.7 Å². The van der Waals surface area contributed by atoms with E-state index in [9.17, 15) is 0 Å². The molecule has 96 valence electrons. The Labute approximate surface area is 119 Å². The first-order valence-electron chi connectivity index (χ1n) is 6.03. The van der Waals surface area contributed by atoms with Gasteiger partial charge in [0.1, 0.15) is 4.49 Å². The van der Waals surface area contributed by atoms with E-state index in [1.807, 2.05) is 0 Å². The van der Waals surface area contributed by atoms with Crippen molar-refractivity contribution in [2.45, 2.75) is 52.4 Å². The van der Waals surface area contributed by atoms with Crippen molar-refractivity contribution >= 4 is 46.7 Å². The van der Waals surface area contributed by atoms with Crippen molar-refractivity contribution in [3.05, 3.63) is 8.73 Å². The second-order valence-electron chi connectivity index (χ2n) is 3.66. The number of halogens is 2. The fourth-order valence-corrected chi connectivity index (χ4v) is 3.96. The summed E-state index contributed by atoms with van der Waals surface area (Å²) in [5.41, 5.74) is 0. The van der Waals surface area contributed by atoms with E-state index in [0.29, 0.717) is 4.49 Å². The highest BCUT2D eigenvalue weighted by atomic mass is 35.5. The van der Waals surface area contributed by atoms with E-state index < -0.39 is 0 Å². The van der Waals surface area contributed by atoms with Gasteiger partial charge in [0.2, 0.25) is 0 Å². The van der Waals surface area contributed by atoms with Crippen LogP contribution in [0.25, 0.3) is 0 Å². The van der Waals surface area contributed by atoms with Crippen molar-refractivity contribution in [1.29, 1.82) is 0 Å². The molecule has 0 aliphatic carbocycles. The highest BCUT2D eigenvalue weighted by molar-refractivity contribution is 8.22. The number of unbranched alkanes of at least 4 members (excludes halogenated alkanes) is 4. The third-order valence-corrected chi connectivity index (χ3v) is 5.57. The molecule has 0 heterocycles. The number of rotatable bonds is 10. The molecule has 0 saturated carbocycles. The topological polar surface area (TPSA) is 0 Å². The molecule has 16 heavy (non-hydrogen) atoms. The molecule has 0 saturated heterocycles. The molecule has 0 aliphatic heterocycles. The van der Waals surface area contributed by atoms with Gasteiger partial charge in [-0.15, -0.1) is 23.5 Å². The van der Waals surface area contributed by atoms with E-state index >= 15 is 0 Å². The van der Waals surface area contributed by atoms with E-state index in [-0.39, 0.29) is 0 Å². The summed E-state index contributed by atoms with van der Waals surface area (Å²) in [6, 6.07) is 0. The van der Waals surface area contributed by atoms with Crippen LogP contribution in [0.15, 0.2) is 8.73 Å². The lowest BCUT2D eigenvalue weighted by Crippen LogP contribution is -1.84. The lowest BCUT2D eigenvalue weighted by atomic mass is 10.3. The molecule has 0 aromatic heterocycles. The Hall–Kier alpha value is 1.02. The normalized spacial score (nSPS) is 10.5. The second-order valence-corrected chi connectivity index (χ2v) is 7.08. The lowest BCUT2D eigenvalue weighted by molar-refractivity contribution is 0.778. The maximum atomic E-state index is 5.87. The van der Waals surface area contributed by atoms with Gasteiger partial charge >= 0.3 is 0 Å². The number of hydrogen-bond donors (Lipinski definition) is 0. The third kappa shape index (κ3) is 10.2. The Kier molecular flexibility index (Phi) is 13.3. The standard InChI is InChI=1S/C12H22Cl2S2/c1-3-5-7-9-15-12(11(13)14)16-10-8-6-4-2/h3-10H2,1-2H3. The van der Waals surface area contributed by atoms with Gasteiger partial charge in [0, 0.05) is 0 Å². The van der Waals surface area contributed by atoms with Crippen LogP contribution in [0.2, 0.25) is 0 Å². The molecule has 0 radical (unpaired) electrons. The van der Waals surface area contributed by atoms with Crippen molar-refractivity contribution in [3.63, 3.8) is 0 Å². The Bertz CT molecular complexity index is 175. The van der Waals surface area contributed by atoms with Gasteiger partial charge in [0.15, 0.2) is 0 Å². The Morgan fingerprint density at radius 2 is 1.25 bits per heavy atom. The van der Waals surface area contributed by atoms with Gasteiger partial charge in [-0.25, -0.2) is 0 Å². The van der Waals surface area contributed by atoms with Gasteiger partial charge in [-0.05, 0) is 24.3 Å². The highest BCUT2D eigenvalue weighted by Crippen LogP contribution is 2.36. The first-order valence-corrected chi connectivity index (χ1v) is 8.75. The van der Waals surface area contributed by atoms with Gasteiger partial charge in [-0.3, -0.25) is 0 Å². The number of thioether (sulfide) groups is 2. The minimum atomic E-state index is 0.447. The molecule has 0 rings (SSSR count). The first-order chi connectivity index (χ1) is 7.72. The molecule has 0 N–H and O–H groups in total. The van der Waals surface area contributed by atoms with E-state index in [1.54, 1.807) is 23.5 Å². The van der Waals surface area contributed by atoms with Gasteiger partial charge < -0.3 is 0 Å². The van der Waals surface area contributed by atoms with Crippen LogP contribution in [0, 0.1) is 0 Å². The lowest BCUT2D eigenvalue weighted by Gasteiger charge is -2.06. The highest BCUT2D eigenvalue weighted by Gasteiger charge is 2.04. The first kappa shape index (κ1) is 17.0. The zero-order chi connectivity index (χ0) is 12.2. The molecule has 0 unspecified atom stereocenters. The molecule has 4 heteroatoms. The molecule has 0 spiro atoms. The van der Waals surface area contributed by atoms with Gasteiger partial charge in [-0.2, -0.15) is 0 Å². The van der Waals surface area contributed by atoms with Gasteiger partial charge in [0.05, 0.1) is 4.24 Å². The predicted octanol–water partition coefficient (Wildman–Crippen LogP) is 6.44. The SMILES string of the molecule is CCCCCSC(SCCCCC)=C(Cl)Cl. The van der Waals surface area contributed by atoms with Gasteiger partial charge in [0.25, 0.3) is 0 Å². The Morgan fingerprint density at radius 1 is 0.812 bits per heavy atom. The summed E-state index contributed by atoms with van der Waals surface area (Å²) in [5.74, 6) is 2.26. The van der Waals surface area contributed by atoms with Crippen molar-refractivity contribution in [3.8, 4) is 0 Å². The summed E-state index contributed by atoms with van der Waals surface area (Å²) in [6.45, 7) is 4.44. The summed E-state index contributed by atoms with van der Waals surface area (Å²) in [5, 5.41) is 0. The summed E-state index contributed by atoms with van der Waals surface area (Å²) >= 11 is 15.4. The minimum absolute atomic E-state index is 0.447. The molecule has 0 atom stereocenters. The Balaban J connectivity index is 3.69. The Morgan fingerprint density at radius 3 is 1.56 bits per heavy atom. The van der Waals surface area contributed by atoms with Crippen LogP contribution in [0.4, 0.5) is 0 Å². The average molecular weight is 301 g/mol. The molecule has 0 aromatic rings. The van der Waals surface area contributed by atoms with E-state index in [1.165, 1.54) is 38.5 Å². The molecule has 0 fully saturated rings. The maximum Gasteiger partial charge on any atom is 0.126 e. The molecule has 0 nitrogen and oxygen atoms in total. The van der Waals surface area contributed by atoms with Crippen molar-refractivity contribution in [1.82, 2.24) is 0 Å². The summed E-state index contributed by atoms with van der Waals surface area (Å²) in [4.78, 5) is 0. The number of hydrogen-bond acceptors (Lipinski definition) is 2. The maximum absolute atomic E-state index is 5.87. The summed E-state index contributed by atoms with van der Waals surface area (Å²) in [7, 11) is 0. The molecular formula is C12H22Cl2S2.